The van der Waals surface area contributed by atoms with E-state index in [1.165, 1.54) is 17.5 Å². The van der Waals surface area contributed by atoms with Gasteiger partial charge in [0.1, 0.15) is 0 Å². The largest absolute Gasteiger partial charge is 0.395 e. The highest BCUT2D eigenvalue weighted by Gasteiger charge is 2.26. The van der Waals surface area contributed by atoms with Crippen molar-refractivity contribution in [3.8, 4) is 0 Å². The van der Waals surface area contributed by atoms with Crippen LogP contribution in [0.4, 0.5) is 0 Å². The molecule has 0 bridgehead atoms. The molecule has 17 heavy (non-hydrogen) atoms. The summed E-state index contributed by atoms with van der Waals surface area (Å²) in [5.41, 5.74) is 9.09. The first kappa shape index (κ1) is 12.9. The van der Waals surface area contributed by atoms with Gasteiger partial charge >= 0.3 is 0 Å². The van der Waals surface area contributed by atoms with Crippen molar-refractivity contribution in [1.29, 1.82) is 0 Å². The van der Waals surface area contributed by atoms with Crippen LogP contribution in [-0.4, -0.2) is 22.2 Å². The lowest BCUT2D eigenvalue weighted by Gasteiger charge is -2.24. The predicted molar refractivity (Wildman–Crippen MR) is 74.2 cm³/mol. The van der Waals surface area contributed by atoms with Gasteiger partial charge in [0.05, 0.1) is 6.61 Å². The molecule has 3 N–H and O–H groups in total. The maximum Gasteiger partial charge on any atom is 0.0547 e. The highest BCUT2D eigenvalue weighted by molar-refractivity contribution is 8.00. The van der Waals surface area contributed by atoms with E-state index >= 15 is 0 Å². The summed E-state index contributed by atoms with van der Waals surface area (Å²) < 4.78 is 0. The Labute approximate surface area is 108 Å². The highest BCUT2D eigenvalue weighted by atomic mass is 32.2. The average Bonchev–Trinajstić information content (AvgIpc) is 2.51. The number of rotatable bonds is 3. The Balaban J connectivity index is 2.17. The molecule has 1 aromatic rings. The SMILES string of the molecule is CC(CO)SC1CCCc2ccccc2C1N. The van der Waals surface area contributed by atoms with E-state index in [0.717, 1.165) is 12.8 Å². The highest BCUT2D eigenvalue weighted by Crippen LogP contribution is 2.35. The molecule has 0 aliphatic heterocycles. The quantitative estimate of drug-likeness (QED) is 0.811. The molecular weight excluding hydrogens is 230 g/mol. The Morgan fingerprint density at radius 1 is 1.47 bits per heavy atom. The summed E-state index contributed by atoms with van der Waals surface area (Å²) >= 11 is 1.83. The van der Waals surface area contributed by atoms with Gasteiger partial charge in [0.15, 0.2) is 0 Å². The Bertz CT molecular complexity index is 369. The fraction of sp³-hybridized carbons (Fsp3) is 0.571. The molecule has 0 radical (unpaired) electrons. The van der Waals surface area contributed by atoms with E-state index in [1.54, 1.807) is 0 Å². The first-order valence-corrected chi connectivity index (χ1v) is 7.26. The van der Waals surface area contributed by atoms with Crippen LogP contribution in [0.3, 0.4) is 0 Å². The molecule has 0 fully saturated rings. The van der Waals surface area contributed by atoms with E-state index in [-0.39, 0.29) is 17.9 Å². The number of benzene rings is 1. The lowest BCUT2D eigenvalue weighted by Crippen LogP contribution is -2.25. The number of thioether (sulfide) groups is 1. The first-order valence-electron chi connectivity index (χ1n) is 6.32. The molecule has 1 aliphatic rings. The number of hydrogen-bond donors (Lipinski definition) is 2. The third-order valence-electron chi connectivity index (χ3n) is 3.41. The van der Waals surface area contributed by atoms with Crippen LogP contribution in [0.2, 0.25) is 0 Å². The van der Waals surface area contributed by atoms with Crippen molar-refractivity contribution in [2.45, 2.75) is 42.7 Å². The van der Waals surface area contributed by atoms with Gasteiger partial charge in [-0.15, -0.1) is 0 Å². The monoisotopic (exact) mass is 251 g/mol. The van der Waals surface area contributed by atoms with Gasteiger partial charge in [-0.2, -0.15) is 11.8 Å². The van der Waals surface area contributed by atoms with Gasteiger partial charge in [0.2, 0.25) is 0 Å². The van der Waals surface area contributed by atoms with Crippen molar-refractivity contribution < 1.29 is 5.11 Å². The zero-order valence-corrected chi connectivity index (χ0v) is 11.1. The van der Waals surface area contributed by atoms with Crippen LogP contribution in [-0.2, 0) is 6.42 Å². The molecule has 0 aromatic heterocycles. The molecule has 1 aliphatic carbocycles. The fourth-order valence-corrected chi connectivity index (χ4v) is 3.76. The van der Waals surface area contributed by atoms with E-state index in [0.29, 0.717) is 5.25 Å². The molecule has 0 amide bonds. The van der Waals surface area contributed by atoms with Crippen molar-refractivity contribution in [3.05, 3.63) is 35.4 Å². The average molecular weight is 251 g/mol. The topological polar surface area (TPSA) is 46.2 Å². The van der Waals surface area contributed by atoms with Crippen LogP contribution in [0.25, 0.3) is 0 Å². The van der Waals surface area contributed by atoms with Crippen molar-refractivity contribution >= 4 is 11.8 Å². The molecular formula is C14H21NOS. The third-order valence-corrected chi connectivity index (χ3v) is 4.91. The van der Waals surface area contributed by atoms with Crippen LogP contribution < -0.4 is 5.73 Å². The van der Waals surface area contributed by atoms with Crippen molar-refractivity contribution in [2.75, 3.05) is 6.61 Å². The summed E-state index contributed by atoms with van der Waals surface area (Å²) in [6.45, 7) is 2.30. The van der Waals surface area contributed by atoms with Crippen LogP contribution in [0.15, 0.2) is 24.3 Å². The van der Waals surface area contributed by atoms with Crippen molar-refractivity contribution in [1.82, 2.24) is 0 Å². The summed E-state index contributed by atoms with van der Waals surface area (Å²) in [5, 5.41) is 9.86. The molecule has 3 unspecified atom stereocenters. The van der Waals surface area contributed by atoms with E-state index in [4.69, 9.17) is 10.8 Å². The molecule has 0 saturated heterocycles. The smallest absolute Gasteiger partial charge is 0.0547 e. The fourth-order valence-electron chi connectivity index (χ4n) is 2.45. The van der Waals surface area contributed by atoms with Gasteiger partial charge < -0.3 is 10.8 Å². The van der Waals surface area contributed by atoms with E-state index in [9.17, 15) is 0 Å². The number of nitrogens with two attached hydrogens (primary N) is 1. The Morgan fingerprint density at radius 3 is 3.00 bits per heavy atom. The second kappa shape index (κ2) is 5.89. The van der Waals surface area contributed by atoms with Gasteiger partial charge in [-0.25, -0.2) is 0 Å². The van der Waals surface area contributed by atoms with Crippen molar-refractivity contribution in [3.63, 3.8) is 0 Å². The Kier molecular flexibility index (Phi) is 4.48. The minimum absolute atomic E-state index is 0.104. The first-order chi connectivity index (χ1) is 8.22. The zero-order chi connectivity index (χ0) is 12.3. The van der Waals surface area contributed by atoms with Crippen LogP contribution in [0.5, 0.6) is 0 Å². The van der Waals surface area contributed by atoms with Gasteiger partial charge in [0, 0.05) is 16.5 Å². The second-order valence-corrected chi connectivity index (χ2v) is 6.47. The zero-order valence-electron chi connectivity index (χ0n) is 10.3. The van der Waals surface area contributed by atoms with Crippen LogP contribution in [0, 0.1) is 0 Å². The number of hydrogen-bond acceptors (Lipinski definition) is 3. The molecule has 3 heteroatoms. The third kappa shape index (κ3) is 3.03. The maximum absolute atomic E-state index is 9.16. The Morgan fingerprint density at radius 2 is 2.24 bits per heavy atom. The van der Waals surface area contributed by atoms with Gasteiger partial charge in [-0.05, 0) is 30.4 Å². The molecule has 2 rings (SSSR count). The summed E-state index contributed by atoms with van der Waals surface area (Å²) in [6.07, 6.45) is 3.47. The molecule has 94 valence electrons. The van der Waals surface area contributed by atoms with E-state index < -0.39 is 0 Å². The molecule has 1 aromatic carbocycles. The summed E-state index contributed by atoms with van der Waals surface area (Å²) in [7, 11) is 0. The Hall–Kier alpha value is -0.510. The summed E-state index contributed by atoms with van der Waals surface area (Å²) in [5.74, 6) is 0. The molecule has 0 saturated carbocycles. The normalized spacial score (nSPS) is 26.1. The molecule has 2 nitrogen and oxygen atoms in total. The summed E-state index contributed by atoms with van der Waals surface area (Å²) in [6, 6.07) is 8.62. The maximum atomic E-state index is 9.16. The standard InChI is InChI=1S/C14H21NOS/c1-10(9-16)17-13-8-4-6-11-5-2-3-7-12(11)14(13)15/h2-3,5,7,10,13-14,16H,4,6,8-9,15H2,1H3. The lowest BCUT2D eigenvalue weighted by atomic mass is 10.00. The van der Waals surface area contributed by atoms with E-state index in [1.807, 2.05) is 11.8 Å². The minimum atomic E-state index is 0.104. The predicted octanol–water partition coefficient (Wildman–Crippen LogP) is 2.51. The van der Waals surface area contributed by atoms with Gasteiger partial charge in [-0.3, -0.25) is 0 Å². The van der Waals surface area contributed by atoms with Crippen LogP contribution in [0.1, 0.15) is 36.9 Å². The molecule has 3 atom stereocenters. The number of fused-ring (bicyclic) bond motifs is 1. The number of aliphatic hydroxyl groups excluding tert-OH is 1. The summed E-state index contributed by atoms with van der Waals surface area (Å²) in [4.78, 5) is 0. The molecule has 0 heterocycles. The van der Waals surface area contributed by atoms with E-state index in [2.05, 4.69) is 31.2 Å². The minimum Gasteiger partial charge on any atom is -0.395 e. The number of aliphatic hydroxyl groups is 1. The van der Waals surface area contributed by atoms with Gasteiger partial charge in [-0.1, -0.05) is 31.2 Å². The van der Waals surface area contributed by atoms with Gasteiger partial charge in [0.25, 0.3) is 0 Å². The van der Waals surface area contributed by atoms with Crippen molar-refractivity contribution in [2.24, 2.45) is 5.73 Å². The second-order valence-electron chi connectivity index (χ2n) is 4.78. The lowest BCUT2D eigenvalue weighted by molar-refractivity contribution is 0.299. The van der Waals surface area contributed by atoms with Crippen LogP contribution >= 0.6 is 11.8 Å². The number of aryl methyl sites for hydroxylation is 1. The molecule has 0 spiro atoms.